The minimum atomic E-state index is -0.306. The second kappa shape index (κ2) is 13.3. The van der Waals surface area contributed by atoms with E-state index in [1.54, 1.807) is 6.92 Å². The number of hydrogen-bond acceptors (Lipinski definition) is 3. The second-order valence-electron chi connectivity index (χ2n) is 9.91. The number of nitrogens with two attached hydrogens (primary N) is 1. The van der Waals surface area contributed by atoms with E-state index in [9.17, 15) is 9.59 Å². The van der Waals surface area contributed by atoms with Crippen molar-refractivity contribution in [3.05, 3.63) is 71.8 Å². The van der Waals surface area contributed by atoms with Crippen molar-refractivity contribution in [2.45, 2.75) is 78.3 Å². The summed E-state index contributed by atoms with van der Waals surface area (Å²) in [6.07, 6.45) is 3.54. The van der Waals surface area contributed by atoms with E-state index < -0.39 is 0 Å². The highest BCUT2D eigenvalue weighted by atomic mass is 16.2. The third kappa shape index (κ3) is 8.43. The van der Waals surface area contributed by atoms with Gasteiger partial charge in [-0.3, -0.25) is 9.59 Å². The first kappa shape index (κ1) is 26.8. The van der Waals surface area contributed by atoms with E-state index in [0.717, 1.165) is 25.8 Å². The highest BCUT2D eigenvalue weighted by Gasteiger charge is 2.34. The van der Waals surface area contributed by atoms with Crippen molar-refractivity contribution in [1.29, 1.82) is 0 Å². The topological polar surface area (TPSA) is 63.4 Å². The number of likely N-dealkylation sites (tertiary alicyclic amines) is 1. The summed E-state index contributed by atoms with van der Waals surface area (Å²) in [6, 6.07) is 20.5. The van der Waals surface area contributed by atoms with Crippen LogP contribution < -0.4 is 5.73 Å². The summed E-state index contributed by atoms with van der Waals surface area (Å²) in [5.41, 5.74) is 8.37. The number of carbonyl (C=O) groups is 2. The minimum absolute atomic E-state index is 0.157. The lowest BCUT2D eigenvalue weighted by Crippen LogP contribution is -2.46. The minimum Gasteiger partial charge on any atom is -0.338 e. The normalized spacial score (nSPS) is 18.7. The fraction of sp³-hybridized carbons (Fsp3) is 0.517. The van der Waals surface area contributed by atoms with Gasteiger partial charge in [-0.15, -0.1) is 0 Å². The SMILES string of the molecule is CC(=O)CC(c1ccccc1)c1ccccc1.CC[C@H]1CC(C)CN1C(=O)[C@H](N)CC(C)C. The molecule has 1 amide bonds. The molecule has 3 rings (SSSR count). The van der Waals surface area contributed by atoms with Gasteiger partial charge in [0.2, 0.25) is 5.91 Å². The number of Topliss-reactive ketones (excluding diaryl/α,β-unsaturated/α-hetero) is 1. The van der Waals surface area contributed by atoms with E-state index in [1.807, 2.05) is 41.3 Å². The molecule has 4 heteroatoms. The summed E-state index contributed by atoms with van der Waals surface area (Å²) in [5, 5.41) is 0. The van der Waals surface area contributed by atoms with E-state index in [4.69, 9.17) is 5.73 Å². The number of carbonyl (C=O) groups excluding carboxylic acids is 2. The molecule has 0 bridgehead atoms. The van der Waals surface area contributed by atoms with Crippen LogP contribution in [0.15, 0.2) is 60.7 Å². The van der Waals surface area contributed by atoms with Crippen molar-refractivity contribution in [3.63, 3.8) is 0 Å². The fourth-order valence-corrected chi connectivity index (χ4v) is 4.72. The van der Waals surface area contributed by atoms with Gasteiger partial charge in [0.25, 0.3) is 0 Å². The zero-order valence-corrected chi connectivity index (χ0v) is 21.0. The van der Waals surface area contributed by atoms with Crippen LogP contribution in [-0.4, -0.2) is 35.2 Å². The number of rotatable bonds is 8. The second-order valence-corrected chi connectivity index (χ2v) is 9.91. The maximum atomic E-state index is 12.2. The molecule has 1 heterocycles. The van der Waals surface area contributed by atoms with E-state index in [1.165, 1.54) is 11.1 Å². The molecule has 0 aliphatic carbocycles. The van der Waals surface area contributed by atoms with Gasteiger partial charge < -0.3 is 10.6 Å². The monoisotopic (exact) mass is 450 g/mol. The van der Waals surface area contributed by atoms with Crippen molar-refractivity contribution in [2.75, 3.05) is 6.54 Å². The molecule has 1 fully saturated rings. The Balaban J connectivity index is 0.000000234. The molecule has 1 aliphatic rings. The van der Waals surface area contributed by atoms with Gasteiger partial charge >= 0.3 is 0 Å². The number of benzene rings is 2. The van der Waals surface area contributed by atoms with Crippen LogP contribution in [-0.2, 0) is 9.59 Å². The molecule has 180 valence electrons. The van der Waals surface area contributed by atoms with Gasteiger partial charge in [0.1, 0.15) is 5.78 Å². The molecule has 1 saturated heterocycles. The summed E-state index contributed by atoms with van der Waals surface area (Å²) in [7, 11) is 0. The Kier molecular flexibility index (Phi) is 10.8. The molecule has 0 spiro atoms. The van der Waals surface area contributed by atoms with E-state index >= 15 is 0 Å². The number of amides is 1. The van der Waals surface area contributed by atoms with Crippen molar-refractivity contribution in [1.82, 2.24) is 4.90 Å². The van der Waals surface area contributed by atoms with Gasteiger partial charge in [-0.2, -0.15) is 0 Å². The van der Waals surface area contributed by atoms with Gasteiger partial charge in [0, 0.05) is 24.9 Å². The molecule has 2 aromatic rings. The van der Waals surface area contributed by atoms with Crippen LogP contribution in [0, 0.1) is 11.8 Å². The molecule has 2 aromatic carbocycles. The molecule has 3 atom stereocenters. The highest BCUT2D eigenvalue weighted by molar-refractivity contribution is 5.82. The zero-order valence-electron chi connectivity index (χ0n) is 21.0. The predicted molar refractivity (Wildman–Crippen MR) is 137 cm³/mol. The lowest BCUT2D eigenvalue weighted by atomic mass is 9.87. The quantitative estimate of drug-likeness (QED) is 0.552. The predicted octanol–water partition coefficient (Wildman–Crippen LogP) is 5.80. The van der Waals surface area contributed by atoms with Crippen LogP contribution in [0.3, 0.4) is 0 Å². The highest BCUT2D eigenvalue weighted by Crippen LogP contribution is 2.28. The van der Waals surface area contributed by atoms with Crippen molar-refractivity contribution < 1.29 is 9.59 Å². The van der Waals surface area contributed by atoms with Gasteiger partial charge in [0.15, 0.2) is 0 Å². The summed E-state index contributed by atoms with van der Waals surface area (Å²) in [5.74, 6) is 1.67. The molecule has 0 radical (unpaired) electrons. The molecule has 0 aromatic heterocycles. The molecule has 0 saturated carbocycles. The maximum absolute atomic E-state index is 12.2. The Labute approximate surface area is 200 Å². The summed E-state index contributed by atoms with van der Waals surface area (Å²) in [6.45, 7) is 11.1. The average molecular weight is 451 g/mol. The Morgan fingerprint density at radius 3 is 1.94 bits per heavy atom. The van der Waals surface area contributed by atoms with Crippen molar-refractivity contribution in [2.24, 2.45) is 17.6 Å². The number of nitrogens with zero attached hydrogens (tertiary/aromatic N) is 1. The summed E-state index contributed by atoms with van der Waals surface area (Å²) in [4.78, 5) is 25.6. The molecule has 4 nitrogen and oxygen atoms in total. The van der Waals surface area contributed by atoms with Crippen LogP contribution in [0.2, 0.25) is 0 Å². The molecule has 2 N–H and O–H groups in total. The number of ketones is 1. The lowest BCUT2D eigenvalue weighted by Gasteiger charge is -2.27. The Morgan fingerprint density at radius 2 is 1.52 bits per heavy atom. The molecule has 1 unspecified atom stereocenters. The Morgan fingerprint density at radius 1 is 1.00 bits per heavy atom. The van der Waals surface area contributed by atoms with Gasteiger partial charge in [0.05, 0.1) is 6.04 Å². The van der Waals surface area contributed by atoms with Crippen LogP contribution in [0.4, 0.5) is 0 Å². The fourth-order valence-electron chi connectivity index (χ4n) is 4.72. The first-order valence-electron chi connectivity index (χ1n) is 12.4. The maximum Gasteiger partial charge on any atom is 0.239 e. The largest absolute Gasteiger partial charge is 0.338 e. The van der Waals surface area contributed by atoms with E-state index in [-0.39, 0.29) is 23.7 Å². The van der Waals surface area contributed by atoms with Crippen LogP contribution in [0.1, 0.15) is 77.3 Å². The standard InChI is InChI=1S/C16H16O.C13H26N2O/c1-13(17)12-16(14-8-4-2-5-9-14)15-10-6-3-7-11-15;1-5-11-7-10(4)8-15(11)13(16)12(14)6-9(2)3/h2-11,16H,12H2,1H3;9-12H,5-8,14H2,1-4H3/t;10?,11-,12+/m.0/s1. The zero-order chi connectivity index (χ0) is 24.4. The van der Waals surface area contributed by atoms with Crippen molar-refractivity contribution >= 4 is 11.7 Å². The van der Waals surface area contributed by atoms with Crippen LogP contribution >= 0.6 is 0 Å². The molecular formula is C29H42N2O2. The molecular weight excluding hydrogens is 408 g/mol. The van der Waals surface area contributed by atoms with Crippen LogP contribution in [0.5, 0.6) is 0 Å². The summed E-state index contributed by atoms with van der Waals surface area (Å²) >= 11 is 0. The van der Waals surface area contributed by atoms with Gasteiger partial charge in [-0.05, 0) is 49.1 Å². The molecule has 33 heavy (non-hydrogen) atoms. The third-order valence-electron chi connectivity index (χ3n) is 6.32. The third-order valence-corrected chi connectivity index (χ3v) is 6.32. The first-order valence-corrected chi connectivity index (χ1v) is 12.4. The number of hydrogen-bond donors (Lipinski definition) is 1. The Bertz CT molecular complexity index is 811. The summed E-state index contributed by atoms with van der Waals surface area (Å²) < 4.78 is 0. The van der Waals surface area contributed by atoms with Gasteiger partial charge in [-0.1, -0.05) is 88.4 Å². The molecule has 1 aliphatic heterocycles. The van der Waals surface area contributed by atoms with Crippen LogP contribution in [0.25, 0.3) is 0 Å². The average Bonchev–Trinajstić information content (AvgIpc) is 3.18. The lowest BCUT2D eigenvalue weighted by molar-refractivity contribution is -0.134. The van der Waals surface area contributed by atoms with E-state index in [2.05, 4.69) is 52.0 Å². The smallest absolute Gasteiger partial charge is 0.239 e. The van der Waals surface area contributed by atoms with Crippen molar-refractivity contribution in [3.8, 4) is 0 Å². The Hall–Kier alpha value is -2.46. The van der Waals surface area contributed by atoms with Gasteiger partial charge in [-0.25, -0.2) is 0 Å². The van der Waals surface area contributed by atoms with E-state index in [0.29, 0.717) is 24.3 Å². The first-order chi connectivity index (χ1) is 15.7.